The summed E-state index contributed by atoms with van der Waals surface area (Å²) >= 11 is 0. The average molecular weight is 216 g/mol. The molecule has 1 amide bonds. The zero-order valence-electron chi connectivity index (χ0n) is 8.38. The van der Waals surface area contributed by atoms with E-state index < -0.39 is 0 Å². The van der Waals surface area contributed by atoms with Crippen LogP contribution in [0.1, 0.15) is 0 Å². The second kappa shape index (κ2) is 4.53. The first-order valence-electron chi connectivity index (χ1n) is 4.71. The second-order valence-electron chi connectivity index (χ2n) is 3.16. The number of pyridine rings is 1. The van der Waals surface area contributed by atoms with E-state index in [1.165, 1.54) is 17.0 Å². The smallest absolute Gasteiger partial charge is 0.218 e. The lowest BCUT2D eigenvalue weighted by Gasteiger charge is -2.16. The first-order chi connectivity index (χ1) is 7.81. The number of aromatic nitrogens is 1. The van der Waals surface area contributed by atoms with Crippen molar-refractivity contribution in [3.63, 3.8) is 0 Å². The summed E-state index contributed by atoms with van der Waals surface area (Å²) in [5, 5.41) is 0. The summed E-state index contributed by atoms with van der Waals surface area (Å²) in [4.78, 5) is 16.3. The number of anilines is 2. The fraction of sp³-hybridized carbons (Fsp3) is 0. The molecule has 1 aromatic heterocycles. The fourth-order valence-electron chi connectivity index (χ4n) is 1.38. The molecule has 1 aromatic carbocycles. The maximum absolute atomic E-state index is 12.7. The van der Waals surface area contributed by atoms with Gasteiger partial charge < -0.3 is 0 Å². The van der Waals surface area contributed by atoms with Crippen LogP contribution in [-0.2, 0) is 4.79 Å². The predicted molar refractivity (Wildman–Crippen MR) is 58.8 cm³/mol. The van der Waals surface area contributed by atoms with Crippen LogP contribution in [0.5, 0.6) is 0 Å². The molecule has 0 N–H and O–H groups in total. The minimum Gasteiger partial charge on any atom is -0.284 e. The lowest BCUT2D eigenvalue weighted by Crippen LogP contribution is -2.13. The van der Waals surface area contributed by atoms with Crippen LogP contribution in [0.3, 0.4) is 0 Å². The molecule has 0 aliphatic rings. The maximum Gasteiger partial charge on any atom is 0.218 e. The number of nitrogens with zero attached hydrogens (tertiary/aromatic N) is 2. The number of hydrogen-bond acceptors (Lipinski definition) is 2. The van der Waals surface area contributed by atoms with Crippen LogP contribution < -0.4 is 4.90 Å². The van der Waals surface area contributed by atoms with Gasteiger partial charge in [0, 0.05) is 18.1 Å². The second-order valence-corrected chi connectivity index (χ2v) is 3.16. The van der Waals surface area contributed by atoms with Crippen LogP contribution in [-0.4, -0.2) is 11.4 Å². The van der Waals surface area contributed by atoms with E-state index in [1.54, 1.807) is 36.7 Å². The number of benzene rings is 1. The molecule has 0 saturated carbocycles. The Morgan fingerprint density at radius 3 is 2.12 bits per heavy atom. The standard InChI is InChI=1S/C12H9FN2O/c13-10-1-3-11(4-2-10)15(9-16)12-5-7-14-8-6-12/h1-9H. The van der Waals surface area contributed by atoms with Crippen molar-refractivity contribution in [1.29, 1.82) is 0 Å². The molecular formula is C12H9FN2O. The van der Waals surface area contributed by atoms with Crippen molar-refractivity contribution >= 4 is 17.8 Å². The third-order valence-electron chi connectivity index (χ3n) is 2.15. The molecule has 1 heterocycles. The van der Waals surface area contributed by atoms with Crippen molar-refractivity contribution in [2.24, 2.45) is 0 Å². The number of amides is 1. The van der Waals surface area contributed by atoms with E-state index in [2.05, 4.69) is 4.98 Å². The zero-order valence-corrected chi connectivity index (χ0v) is 8.38. The van der Waals surface area contributed by atoms with Crippen LogP contribution in [0.25, 0.3) is 0 Å². The minimum absolute atomic E-state index is 0.329. The van der Waals surface area contributed by atoms with E-state index in [0.717, 1.165) is 0 Å². The molecule has 0 atom stereocenters. The third-order valence-corrected chi connectivity index (χ3v) is 2.15. The molecule has 0 radical (unpaired) electrons. The normalized spacial score (nSPS) is 9.81. The molecule has 0 unspecified atom stereocenters. The molecule has 0 aliphatic heterocycles. The minimum atomic E-state index is -0.329. The van der Waals surface area contributed by atoms with Crippen molar-refractivity contribution in [1.82, 2.24) is 4.98 Å². The van der Waals surface area contributed by atoms with E-state index in [-0.39, 0.29) is 5.82 Å². The lowest BCUT2D eigenvalue weighted by atomic mass is 10.2. The molecule has 0 spiro atoms. The number of carbonyl (C=O) groups excluding carboxylic acids is 1. The molecular weight excluding hydrogens is 207 g/mol. The highest BCUT2D eigenvalue weighted by molar-refractivity contribution is 5.86. The highest BCUT2D eigenvalue weighted by Crippen LogP contribution is 2.22. The molecule has 0 saturated heterocycles. The van der Waals surface area contributed by atoms with Gasteiger partial charge in [0.15, 0.2) is 0 Å². The molecule has 16 heavy (non-hydrogen) atoms. The van der Waals surface area contributed by atoms with Crippen molar-refractivity contribution in [3.05, 3.63) is 54.6 Å². The van der Waals surface area contributed by atoms with E-state index in [0.29, 0.717) is 17.8 Å². The Hall–Kier alpha value is -2.23. The van der Waals surface area contributed by atoms with Gasteiger partial charge in [-0.05, 0) is 36.4 Å². The first kappa shape index (κ1) is 10.3. The van der Waals surface area contributed by atoms with Crippen LogP contribution in [0.4, 0.5) is 15.8 Å². The Morgan fingerprint density at radius 2 is 1.56 bits per heavy atom. The van der Waals surface area contributed by atoms with Crippen LogP contribution in [0.2, 0.25) is 0 Å². The molecule has 2 rings (SSSR count). The highest BCUT2D eigenvalue weighted by Gasteiger charge is 2.07. The summed E-state index contributed by atoms with van der Waals surface area (Å²) in [7, 11) is 0. The molecule has 3 nitrogen and oxygen atoms in total. The van der Waals surface area contributed by atoms with Crippen molar-refractivity contribution in [3.8, 4) is 0 Å². The van der Waals surface area contributed by atoms with E-state index >= 15 is 0 Å². The van der Waals surface area contributed by atoms with E-state index in [1.807, 2.05) is 0 Å². The van der Waals surface area contributed by atoms with Crippen molar-refractivity contribution in [2.45, 2.75) is 0 Å². The van der Waals surface area contributed by atoms with Gasteiger partial charge >= 0.3 is 0 Å². The summed E-state index contributed by atoms with van der Waals surface area (Å²) in [5.41, 5.74) is 1.30. The van der Waals surface area contributed by atoms with E-state index in [4.69, 9.17) is 0 Å². The highest BCUT2D eigenvalue weighted by atomic mass is 19.1. The van der Waals surface area contributed by atoms with Gasteiger partial charge in [-0.1, -0.05) is 0 Å². The number of hydrogen-bond donors (Lipinski definition) is 0. The van der Waals surface area contributed by atoms with Gasteiger partial charge in [0.05, 0.1) is 5.69 Å². The molecule has 0 aliphatic carbocycles. The van der Waals surface area contributed by atoms with Gasteiger partial charge in [0.1, 0.15) is 5.82 Å². The van der Waals surface area contributed by atoms with Gasteiger partial charge in [0.25, 0.3) is 0 Å². The summed E-state index contributed by atoms with van der Waals surface area (Å²) in [5.74, 6) is -0.329. The average Bonchev–Trinajstić information content (AvgIpc) is 2.34. The van der Waals surface area contributed by atoms with E-state index in [9.17, 15) is 9.18 Å². The lowest BCUT2D eigenvalue weighted by molar-refractivity contribution is -0.106. The quantitative estimate of drug-likeness (QED) is 0.738. The maximum atomic E-state index is 12.7. The van der Waals surface area contributed by atoms with Gasteiger partial charge in [-0.25, -0.2) is 4.39 Å². The topological polar surface area (TPSA) is 33.2 Å². The molecule has 4 heteroatoms. The zero-order chi connectivity index (χ0) is 11.4. The molecule has 80 valence electrons. The summed E-state index contributed by atoms with van der Waals surface area (Å²) in [6.45, 7) is 0. The Balaban J connectivity index is 2.37. The Morgan fingerprint density at radius 1 is 1.00 bits per heavy atom. The predicted octanol–water partition coefficient (Wildman–Crippen LogP) is 2.52. The number of rotatable bonds is 3. The van der Waals surface area contributed by atoms with Gasteiger partial charge in [-0.2, -0.15) is 0 Å². The summed E-state index contributed by atoms with van der Waals surface area (Å²) < 4.78 is 12.7. The number of halogens is 1. The van der Waals surface area contributed by atoms with Gasteiger partial charge in [-0.15, -0.1) is 0 Å². The first-order valence-corrected chi connectivity index (χ1v) is 4.71. The molecule has 0 fully saturated rings. The fourth-order valence-corrected chi connectivity index (χ4v) is 1.38. The summed E-state index contributed by atoms with van der Waals surface area (Å²) in [6, 6.07) is 9.13. The van der Waals surface area contributed by atoms with Crippen molar-refractivity contribution < 1.29 is 9.18 Å². The number of carbonyl (C=O) groups is 1. The third kappa shape index (κ3) is 2.06. The van der Waals surface area contributed by atoms with Gasteiger partial charge in [0.2, 0.25) is 6.41 Å². The monoisotopic (exact) mass is 216 g/mol. The SMILES string of the molecule is O=CN(c1ccncc1)c1ccc(F)cc1. The van der Waals surface area contributed by atoms with Crippen LogP contribution >= 0.6 is 0 Å². The van der Waals surface area contributed by atoms with Crippen molar-refractivity contribution in [2.75, 3.05) is 4.90 Å². The Labute approximate surface area is 92.2 Å². The van der Waals surface area contributed by atoms with Gasteiger partial charge in [-0.3, -0.25) is 14.7 Å². The van der Waals surface area contributed by atoms with Crippen LogP contribution in [0.15, 0.2) is 48.8 Å². The Kier molecular flexibility index (Phi) is 2.91. The Bertz CT molecular complexity index is 470. The molecule has 0 bridgehead atoms. The summed E-state index contributed by atoms with van der Waals surface area (Å²) in [6.07, 6.45) is 3.87. The van der Waals surface area contributed by atoms with Crippen LogP contribution in [0, 0.1) is 5.82 Å². The molecule has 2 aromatic rings. The largest absolute Gasteiger partial charge is 0.284 e.